The van der Waals surface area contributed by atoms with Crippen molar-refractivity contribution in [3.05, 3.63) is 47.8 Å². The van der Waals surface area contributed by atoms with Crippen molar-refractivity contribution < 1.29 is 4.74 Å². The lowest BCUT2D eigenvalue weighted by Crippen LogP contribution is -2.01. The quantitative estimate of drug-likeness (QED) is 0.424. The molecule has 1 aliphatic rings. The number of thioether (sulfide) groups is 1. The first-order chi connectivity index (χ1) is 11.9. The summed E-state index contributed by atoms with van der Waals surface area (Å²) in [5.74, 6) is 2.95. The molecule has 1 fully saturated rings. The van der Waals surface area contributed by atoms with E-state index in [0.717, 1.165) is 35.5 Å². The molecule has 0 aliphatic heterocycles. The summed E-state index contributed by atoms with van der Waals surface area (Å²) in [6.07, 6.45) is 3.47. The Kier molecular flexibility index (Phi) is 4.85. The molecule has 4 rings (SSSR count). The molecule has 3 aromatic rings. The van der Waals surface area contributed by atoms with Crippen molar-refractivity contribution in [2.45, 2.75) is 30.5 Å². The van der Waals surface area contributed by atoms with Crippen LogP contribution in [0.1, 0.15) is 25.3 Å². The van der Waals surface area contributed by atoms with Crippen molar-refractivity contribution >= 4 is 23.1 Å². The van der Waals surface area contributed by atoms with E-state index >= 15 is 0 Å². The van der Waals surface area contributed by atoms with Crippen LogP contribution < -0.4 is 4.74 Å². The topological polar surface area (TPSA) is 39.9 Å². The summed E-state index contributed by atoms with van der Waals surface area (Å²) >= 11 is 3.51. The summed E-state index contributed by atoms with van der Waals surface area (Å²) < 4.78 is 8.07. The molecule has 124 valence electrons. The zero-order valence-corrected chi connectivity index (χ0v) is 14.9. The van der Waals surface area contributed by atoms with E-state index in [1.54, 1.807) is 23.1 Å². The van der Waals surface area contributed by atoms with Gasteiger partial charge >= 0.3 is 0 Å². The maximum absolute atomic E-state index is 5.74. The maximum atomic E-state index is 5.74. The third kappa shape index (κ3) is 3.65. The second-order valence-electron chi connectivity index (χ2n) is 5.75. The van der Waals surface area contributed by atoms with Crippen LogP contribution >= 0.6 is 23.1 Å². The highest BCUT2D eigenvalue weighted by Gasteiger charge is 2.30. The number of hydrogen-bond donors (Lipinski definition) is 0. The number of nitrogens with zero attached hydrogens (tertiary/aromatic N) is 3. The van der Waals surface area contributed by atoms with E-state index in [1.165, 1.54) is 17.7 Å². The van der Waals surface area contributed by atoms with E-state index in [4.69, 9.17) is 4.74 Å². The van der Waals surface area contributed by atoms with Crippen molar-refractivity contribution in [2.24, 2.45) is 0 Å². The minimum Gasteiger partial charge on any atom is -0.494 e. The number of ether oxygens (including phenoxy) is 1. The molecule has 0 unspecified atom stereocenters. The van der Waals surface area contributed by atoms with Crippen LogP contribution in [0.25, 0.3) is 10.7 Å². The minimum absolute atomic E-state index is 0.583. The van der Waals surface area contributed by atoms with E-state index in [1.807, 2.05) is 30.3 Å². The third-order valence-electron chi connectivity index (χ3n) is 3.85. The molecule has 0 radical (unpaired) electrons. The largest absolute Gasteiger partial charge is 0.494 e. The normalized spacial score (nSPS) is 14.0. The summed E-state index contributed by atoms with van der Waals surface area (Å²) in [4.78, 5) is 1.20. The zero-order chi connectivity index (χ0) is 16.2. The molecule has 0 bridgehead atoms. The fraction of sp³-hybridized carbons (Fsp3) is 0.333. The van der Waals surface area contributed by atoms with Gasteiger partial charge in [-0.1, -0.05) is 36.0 Å². The fourth-order valence-electron chi connectivity index (χ4n) is 2.54. The molecule has 2 aromatic heterocycles. The van der Waals surface area contributed by atoms with Gasteiger partial charge in [-0.25, -0.2) is 0 Å². The molecule has 6 heteroatoms. The molecule has 1 aromatic carbocycles. The predicted molar refractivity (Wildman–Crippen MR) is 98.9 cm³/mol. The van der Waals surface area contributed by atoms with Crippen LogP contribution in [-0.4, -0.2) is 27.1 Å². The number of benzene rings is 1. The van der Waals surface area contributed by atoms with E-state index in [2.05, 4.69) is 32.3 Å². The van der Waals surface area contributed by atoms with Gasteiger partial charge in [0.1, 0.15) is 5.75 Å². The molecular weight excluding hydrogens is 338 g/mol. The van der Waals surface area contributed by atoms with Crippen LogP contribution in [0.3, 0.4) is 0 Å². The van der Waals surface area contributed by atoms with Gasteiger partial charge in [0.25, 0.3) is 0 Å². The molecule has 0 saturated heterocycles. The Morgan fingerprint density at radius 3 is 2.75 bits per heavy atom. The Labute approximate surface area is 149 Å². The van der Waals surface area contributed by atoms with E-state index in [9.17, 15) is 0 Å². The molecule has 24 heavy (non-hydrogen) atoms. The standard InChI is InChI=1S/C18H19N3OS2/c1-2-6-15(7-3-1)22-11-5-13-24-18-20-19-17(16-8-4-12-23-16)21(18)14-9-10-14/h1-4,6-8,12,14H,5,9-11,13H2. The second-order valence-corrected chi connectivity index (χ2v) is 7.76. The van der Waals surface area contributed by atoms with Crippen molar-refractivity contribution in [1.82, 2.24) is 14.8 Å². The summed E-state index contributed by atoms with van der Waals surface area (Å²) in [6, 6.07) is 14.7. The van der Waals surface area contributed by atoms with Gasteiger partial charge in [0.05, 0.1) is 11.5 Å². The average Bonchev–Trinajstić information content (AvgIpc) is 3.14. The smallest absolute Gasteiger partial charge is 0.191 e. The zero-order valence-electron chi connectivity index (χ0n) is 13.3. The van der Waals surface area contributed by atoms with Crippen LogP contribution in [0.15, 0.2) is 53.0 Å². The lowest BCUT2D eigenvalue weighted by atomic mass is 10.3. The van der Waals surface area contributed by atoms with Gasteiger partial charge in [-0.3, -0.25) is 4.57 Å². The molecule has 0 spiro atoms. The van der Waals surface area contributed by atoms with E-state index in [-0.39, 0.29) is 0 Å². The van der Waals surface area contributed by atoms with Crippen molar-refractivity contribution in [3.63, 3.8) is 0 Å². The Morgan fingerprint density at radius 1 is 1.12 bits per heavy atom. The third-order valence-corrected chi connectivity index (χ3v) is 5.75. The SMILES string of the molecule is c1ccc(OCCCSc2nnc(-c3cccs3)n2C2CC2)cc1. The Bertz CT molecular complexity index is 767. The molecule has 0 N–H and O–H groups in total. The van der Waals surface area contributed by atoms with E-state index < -0.39 is 0 Å². The highest BCUT2D eigenvalue weighted by atomic mass is 32.2. The van der Waals surface area contributed by atoms with Gasteiger partial charge in [0, 0.05) is 11.8 Å². The summed E-state index contributed by atoms with van der Waals surface area (Å²) in [5, 5.41) is 12.0. The fourth-order valence-corrected chi connectivity index (χ4v) is 4.16. The van der Waals surface area contributed by atoms with Crippen molar-refractivity contribution in [3.8, 4) is 16.5 Å². The van der Waals surface area contributed by atoms with Gasteiger partial charge in [0.2, 0.25) is 0 Å². The van der Waals surface area contributed by atoms with Gasteiger partial charge in [-0.15, -0.1) is 21.5 Å². The molecule has 2 heterocycles. The molecule has 1 aliphatic carbocycles. The Hall–Kier alpha value is -1.79. The van der Waals surface area contributed by atoms with Crippen molar-refractivity contribution in [2.75, 3.05) is 12.4 Å². The van der Waals surface area contributed by atoms with Gasteiger partial charge in [-0.2, -0.15) is 0 Å². The predicted octanol–water partition coefficient (Wildman–Crippen LogP) is 4.90. The lowest BCUT2D eigenvalue weighted by molar-refractivity contribution is 0.318. The maximum Gasteiger partial charge on any atom is 0.191 e. The molecular formula is C18H19N3OS2. The van der Waals surface area contributed by atoms with Gasteiger partial charge in [-0.05, 0) is 42.8 Å². The second kappa shape index (κ2) is 7.40. The summed E-state index contributed by atoms with van der Waals surface area (Å²) in [5.41, 5.74) is 0. The van der Waals surface area contributed by atoms with Gasteiger partial charge in [0.15, 0.2) is 11.0 Å². The summed E-state index contributed by atoms with van der Waals surface area (Å²) in [7, 11) is 0. The molecule has 0 amide bonds. The highest BCUT2D eigenvalue weighted by Crippen LogP contribution is 2.41. The van der Waals surface area contributed by atoms with E-state index in [0.29, 0.717) is 6.04 Å². The first-order valence-electron chi connectivity index (χ1n) is 8.21. The van der Waals surface area contributed by atoms with Crippen LogP contribution in [0.4, 0.5) is 0 Å². The first kappa shape index (κ1) is 15.7. The molecule has 1 saturated carbocycles. The molecule has 0 atom stereocenters. The average molecular weight is 358 g/mol. The highest BCUT2D eigenvalue weighted by molar-refractivity contribution is 7.99. The van der Waals surface area contributed by atoms with Crippen LogP contribution in [-0.2, 0) is 0 Å². The van der Waals surface area contributed by atoms with Crippen LogP contribution in [0.2, 0.25) is 0 Å². The number of para-hydroxylation sites is 1. The lowest BCUT2D eigenvalue weighted by Gasteiger charge is -2.08. The minimum atomic E-state index is 0.583. The molecule has 4 nitrogen and oxygen atoms in total. The van der Waals surface area contributed by atoms with Crippen molar-refractivity contribution in [1.29, 1.82) is 0 Å². The summed E-state index contributed by atoms with van der Waals surface area (Å²) in [6.45, 7) is 0.729. The number of hydrogen-bond acceptors (Lipinski definition) is 5. The monoisotopic (exact) mass is 357 g/mol. The number of thiophene rings is 1. The van der Waals surface area contributed by atoms with Crippen LogP contribution in [0, 0.1) is 0 Å². The first-order valence-corrected chi connectivity index (χ1v) is 10.1. The number of aromatic nitrogens is 3. The Morgan fingerprint density at radius 2 is 2.00 bits per heavy atom. The number of rotatable bonds is 8. The van der Waals surface area contributed by atoms with Crippen LogP contribution in [0.5, 0.6) is 5.75 Å². The van der Waals surface area contributed by atoms with Gasteiger partial charge < -0.3 is 4.74 Å². The Balaban J connectivity index is 1.33.